The molecule has 3 heteroatoms. The van der Waals surface area contributed by atoms with Crippen LogP contribution in [0.3, 0.4) is 0 Å². The lowest BCUT2D eigenvalue weighted by atomic mass is 9.81. The highest BCUT2D eigenvalue weighted by Gasteiger charge is 2.71. The molecule has 0 bridgehead atoms. The molecule has 9 heavy (non-hydrogen) atoms. The van der Waals surface area contributed by atoms with Crippen molar-refractivity contribution in [1.29, 1.82) is 0 Å². The first kappa shape index (κ1) is 5.23. The molecule has 2 saturated carbocycles. The second-order valence-electron chi connectivity index (χ2n) is 3.14. The Labute approximate surface area is 52.8 Å². The third-order valence-electron chi connectivity index (χ3n) is 2.68. The second-order valence-corrected chi connectivity index (χ2v) is 3.14. The van der Waals surface area contributed by atoms with Gasteiger partial charge in [-0.05, 0) is 18.8 Å². The van der Waals surface area contributed by atoms with E-state index in [-0.39, 0.29) is 11.5 Å². The third-order valence-corrected chi connectivity index (χ3v) is 2.68. The second kappa shape index (κ2) is 1.14. The molecule has 0 heterocycles. The number of nitrogens with two attached hydrogens (primary N) is 1. The van der Waals surface area contributed by atoms with Gasteiger partial charge in [0.05, 0.1) is 5.41 Å². The molecule has 3 N–H and O–H groups in total. The largest absolute Gasteiger partial charge is 0.481 e. The average Bonchev–Trinajstić information content (AvgIpc) is 2.36. The number of fused-ring (bicyclic) bond motifs is 1. The zero-order chi connectivity index (χ0) is 6.65. The minimum absolute atomic E-state index is 0.182. The van der Waals surface area contributed by atoms with Gasteiger partial charge in [0.2, 0.25) is 0 Å². The van der Waals surface area contributed by atoms with E-state index >= 15 is 0 Å². The number of aliphatic carboxylic acids is 1. The highest BCUT2D eigenvalue weighted by atomic mass is 16.4. The van der Waals surface area contributed by atoms with Gasteiger partial charge < -0.3 is 10.8 Å². The van der Waals surface area contributed by atoms with Crippen molar-refractivity contribution in [1.82, 2.24) is 0 Å². The Hall–Kier alpha value is -0.570. The van der Waals surface area contributed by atoms with Crippen LogP contribution in [0.15, 0.2) is 0 Å². The fourth-order valence-corrected chi connectivity index (χ4v) is 1.86. The summed E-state index contributed by atoms with van der Waals surface area (Å²) in [6.45, 7) is 0. The van der Waals surface area contributed by atoms with Crippen molar-refractivity contribution in [3.8, 4) is 0 Å². The van der Waals surface area contributed by atoms with Gasteiger partial charge in [-0.2, -0.15) is 0 Å². The van der Waals surface area contributed by atoms with E-state index in [0.717, 1.165) is 6.42 Å². The number of carboxylic acids is 1. The maximum Gasteiger partial charge on any atom is 0.310 e. The summed E-state index contributed by atoms with van der Waals surface area (Å²) in [5.74, 6) is -0.329. The molecule has 0 aromatic carbocycles. The van der Waals surface area contributed by atoms with Gasteiger partial charge in [0.25, 0.3) is 0 Å². The van der Waals surface area contributed by atoms with E-state index in [4.69, 9.17) is 10.8 Å². The Morgan fingerprint density at radius 3 is 2.44 bits per heavy atom. The van der Waals surface area contributed by atoms with Crippen LogP contribution in [0, 0.1) is 11.3 Å². The Morgan fingerprint density at radius 2 is 2.33 bits per heavy atom. The minimum Gasteiger partial charge on any atom is -0.481 e. The van der Waals surface area contributed by atoms with Gasteiger partial charge >= 0.3 is 5.97 Å². The SMILES string of the molecule is N[C@H]1C[C@@]2(C(=O)O)C[C@@H]12. The Bertz CT molecular complexity index is 180. The predicted octanol–water partition coefficient (Wildman–Crippen LogP) is -0.192. The van der Waals surface area contributed by atoms with Gasteiger partial charge in [0.15, 0.2) is 0 Å². The number of rotatable bonds is 1. The van der Waals surface area contributed by atoms with Gasteiger partial charge in [0.1, 0.15) is 0 Å². The Kier molecular flexibility index (Phi) is 0.662. The summed E-state index contributed by atoms with van der Waals surface area (Å²) in [6.07, 6.45) is 1.52. The molecule has 0 aromatic rings. The fraction of sp³-hybridized carbons (Fsp3) is 0.833. The standard InChI is InChI=1S/C6H9NO2/c7-4-2-6(5(8)9)1-3(4)6/h3-4H,1-2,7H2,(H,8,9)/t3-,4-,6-/m0/s1. The van der Waals surface area contributed by atoms with Crippen molar-refractivity contribution in [2.24, 2.45) is 17.1 Å². The van der Waals surface area contributed by atoms with Gasteiger partial charge in [0, 0.05) is 6.04 Å². The van der Waals surface area contributed by atoms with E-state index < -0.39 is 5.97 Å². The highest BCUT2D eigenvalue weighted by Crippen LogP contribution is 2.66. The molecule has 2 fully saturated rings. The lowest BCUT2D eigenvalue weighted by Crippen LogP contribution is -2.42. The number of carbonyl (C=O) groups is 1. The molecule has 3 nitrogen and oxygen atoms in total. The molecule has 0 unspecified atom stereocenters. The van der Waals surface area contributed by atoms with Gasteiger partial charge in [-0.1, -0.05) is 0 Å². The van der Waals surface area contributed by atoms with Crippen molar-refractivity contribution < 1.29 is 9.90 Å². The van der Waals surface area contributed by atoms with Crippen LogP contribution in [-0.4, -0.2) is 17.1 Å². The van der Waals surface area contributed by atoms with Gasteiger partial charge in [-0.15, -0.1) is 0 Å². The molecule has 0 spiro atoms. The van der Waals surface area contributed by atoms with E-state index in [9.17, 15) is 4.79 Å². The van der Waals surface area contributed by atoms with E-state index in [1.54, 1.807) is 0 Å². The maximum atomic E-state index is 10.4. The zero-order valence-electron chi connectivity index (χ0n) is 5.00. The molecule has 3 atom stereocenters. The summed E-state index contributed by atoms with van der Waals surface area (Å²) in [7, 11) is 0. The molecule has 0 saturated heterocycles. The normalized spacial score (nSPS) is 53.4. The highest BCUT2D eigenvalue weighted by molar-refractivity contribution is 5.81. The van der Waals surface area contributed by atoms with Crippen LogP contribution in [-0.2, 0) is 4.79 Å². The molecule has 2 aliphatic carbocycles. The van der Waals surface area contributed by atoms with Crippen molar-refractivity contribution in [2.75, 3.05) is 0 Å². The zero-order valence-corrected chi connectivity index (χ0v) is 5.00. The third kappa shape index (κ3) is 0.399. The maximum absolute atomic E-state index is 10.4. The van der Waals surface area contributed by atoms with Crippen LogP contribution in [0.5, 0.6) is 0 Å². The van der Waals surface area contributed by atoms with Crippen LogP contribution in [0.2, 0.25) is 0 Å². The number of carboxylic acid groups (broad SMARTS) is 1. The predicted molar refractivity (Wildman–Crippen MR) is 30.8 cm³/mol. The fourth-order valence-electron chi connectivity index (χ4n) is 1.86. The first-order valence-corrected chi connectivity index (χ1v) is 3.16. The van der Waals surface area contributed by atoms with Crippen LogP contribution < -0.4 is 5.73 Å². The molecule has 0 radical (unpaired) electrons. The minimum atomic E-state index is -0.644. The summed E-state index contributed by atoms with van der Waals surface area (Å²) in [6, 6.07) is 0.182. The lowest BCUT2D eigenvalue weighted by Gasteiger charge is -2.27. The summed E-state index contributed by atoms with van der Waals surface area (Å²) >= 11 is 0. The topological polar surface area (TPSA) is 63.3 Å². The van der Waals surface area contributed by atoms with Gasteiger partial charge in [-0.25, -0.2) is 0 Å². The van der Waals surface area contributed by atoms with E-state index in [2.05, 4.69) is 0 Å². The first-order valence-electron chi connectivity index (χ1n) is 3.16. The molecular formula is C6H9NO2. The number of hydrogen-bond donors (Lipinski definition) is 2. The van der Waals surface area contributed by atoms with Crippen LogP contribution >= 0.6 is 0 Å². The molecular weight excluding hydrogens is 118 g/mol. The van der Waals surface area contributed by atoms with Crippen molar-refractivity contribution in [3.05, 3.63) is 0 Å². The van der Waals surface area contributed by atoms with E-state index in [1.807, 2.05) is 0 Å². The first-order chi connectivity index (χ1) is 4.17. The monoisotopic (exact) mass is 127 g/mol. The van der Waals surface area contributed by atoms with Crippen LogP contribution in [0.4, 0.5) is 0 Å². The molecule has 2 rings (SSSR count). The van der Waals surface area contributed by atoms with Crippen molar-refractivity contribution >= 4 is 5.97 Å². The van der Waals surface area contributed by atoms with Crippen molar-refractivity contribution in [3.63, 3.8) is 0 Å². The smallest absolute Gasteiger partial charge is 0.310 e. The number of hydrogen-bond acceptors (Lipinski definition) is 2. The quantitative estimate of drug-likeness (QED) is 0.513. The van der Waals surface area contributed by atoms with E-state index in [0.29, 0.717) is 12.3 Å². The Morgan fingerprint density at radius 1 is 1.67 bits per heavy atom. The molecule has 0 aromatic heterocycles. The summed E-state index contributed by atoms with van der Waals surface area (Å²) in [4.78, 5) is 10.4. The van der Waals surface area contributed by atoms with Crippen molar-refractivity contribution in [2.45, 2.75) is 18.9 Å². The lowest BCUT2D eigenvalue weighted by molar-refractivity contribution is -0.147. The van der Waals surface area contributed by atoms with Gasteiger partial charge in [-0.3, -0.25) is 4.79 Å². The summed E-state index contributed by atoms with van der Waals surface area (Å²) in [5.41, 5.74) is 5.18. The Balaban J connectivity index is 2.12. The van der Waals surface area contributed by atoms with Crippen LogP contribution in [0.25, 0.3) is 0 Å². The molecule has 0 aliphatic heterocycles. The average molecular weight is 127 g/mol. The molecule has 0 amide bonds. The molecule has 50 valence electrons. The molecule has 2 aliphatic rings. The summed E-state index contributed by atoms with van der Waals surface area (Å²) < 4.78 is 0. The van der Waals surface area contributed by atoms with E-state index in [1.165, 1.54) is 0 Å². The summed E-state index contributed by atoms with van der Waals surface area (Å²) in [5, 5.41) is 8.60. The van der Waals surface area contributed by atoms with Crippen LogP contribution in [0.1, 0.15) is 12.8 Å².